The molecule has 0 fully saturated rings. The molecular formula is C28H22BN7O3. The number of anilines is 3. The Morgan fingerprint density at radius 1 is 1.00 bits per heavy atom. The first kappa shape index (κ1) is 23.9. The van der Waals surface area contributed by atoms with Crippen molar-refractivity contribution in [3.63, 3.8) is 0 Å². The number of benzene rings is 3. The van der Waals surface area contributed by atoms with Crippen LogP contribution in [-0.2, 0) is 0 Å². The van der Waals surface area contributed by atoms with Crippen LogP contribution in [0, 0.1) is 0 Å². The van der Waals surface area contributed by atoms with E-state index in [9.17, 15) is 9.90 Å². The highest BCUT2D eigenvalue weighted by molar-refractivity contribution is 6.10. The van der Waals surface area contributed by atoms with Crippen LogP contribution in [0.5, 0.6) is 11.5 Å². The smallest absolute Gasteiger partial charge is 0.257 e. The molecule has 0 aliphatic heterocycles. The molecule has 11 heteroatoms. The summed E-state index contributed by atoms with van der Waals surface area (Å²) >= 11 is 0. The minimum absolute atomic E-state index is 0.0211. The number of carbonyl (C=O) groups is 1. The number of carbonyl (C=O) groups excluding carboxylic acids is 1. The molecule has 6 aromatic rings. The Hall–Kier alpha value is -5.45. The summed E-state index contributed by atoms with van der Waals surface area (Å²) in [6.45, 7) is 0. The van der Waals surface area contributed by atoms with Gasteiger partial charge in [-0.25, -0.2) is 9.97 Å². The van der Waals surface area contributed by atoms with E-state index >= 15 is 0 Å². The minimum atomic E-state index is -0.270. The predicted molar refractivity (Wildman–Crippen MR) is 152 cm³/mol. The van der Waals surface area contributed by atoms with Crippen molar-refractivity contribution in [2.45, 2.75) is 0 Å². The van der Waals surface area contributed by atoms with Crippen LogP contribution in [0.4, 0.5) is 17.2 Å². The van der Waals surface area contributed by atoms with Crippen molar-refractivity contribution in [3.8, 4) is 22.9 Å². The SMILES string of the molecule is Bn1ncc2cc(Nc3nc(-c4cccc(NC(=O)c5cccnc5)c4)nc4cc(OC)c(O)cc34)ccc21. The van der Waals surface area contributed by atoms with Crippen molar-refractivity contribution in [3.05, 3.63) is 90.9 Å². The molecule has 0 aliphatic rings. The third-order valence-corrected chi connectivity index (χ3v) is 6.31. The summed E-state index contributed by atoms with van der Waals surface area (Å²) in [6.07, 6.45) is 4.92. The summed E-state index contributed by atoms with van der Waals surface area (Å²) in [5.74, 6) is 0.936. The van der Waals surface area contributed by atoms with Crippen LogP contribution in [-0.4, -0.2) is 50.7 Å². The molecule has 3 heterocycles. The van der Waals surface area contributed by atoms with Crippen LogP contribution in [0.25, 0.3) is 33.2 Å². The van der Waals surface area contributed by atoms with E-state index in [4.69, 9.17) is 14.7 Å². The largest absolute Gasteiger partial charge is 0.504 e. The summed E-state index contributed by atoms with van der Waals surface area (Å²) in [6, 6.07) is 19.8. The number of hydrogen-bond donors (Lipinski definition) is 3. The van der Waals surface area contributed by atoms with Crippen LogP contribution in [0.3, 0.4) is 0 Å². The quantitative estimate of drug-likeness (QED) is 0.283. The first-order chi connectivity index (χ1) is 19.0. The van der Waals surface area contributed by atoms with Crippen LogP contribution >= 0.6 is 0 Å². The molecule has 1 amide bonds. The Labute approximate surface area is 223 Å². The average Bonchev–Trinajstić information content (AvgIpc) is 3.33. The second kappa shape index (κ2) is 9.79. The van der Waals surface area contributed by atoms with Gasteiger partial charge in [0.2, 0.25) is 7.98 Å². The maximum absolute atomic E-state index is 12.7. The Balaban J connectivity index is 1.41. The van der Waals surface area contributed by atoms with Gasteiger partial charge in [-0.3, -0.25) is 9.78 Å². The number of fused-ring (bicyclic) bond motifs is 2. The minimum Gasteiger partial charge on any atom is -0.504 e. The topological polar surface area (TPSA) is 127 Å². The van der Waals surface area contributed by atoms with Gasteiger partial charge in [0.05, 0.1) is 29.9 Å². The summed E-state index contributed by atoms with van der Waals surface area (Å²) in [4.78, 5) is 26.2. The highest BCUT2D eigenvalue weighted by Crippen LogP contribution is 2.36. The Bertz CT molecular complexity index is 1860. The molecule has 0 aliphatic carbocycles. The zero-order valence-corrected chi connectivity index (χ0v) is 21.1. The molecule has 6 rings (SSSR count). The van der Waals surface area contributed by atoms with Gasteiger partial charge >= 0.3 is 0 Å². The van der Waals surface area contributed by atoms with Gasteiger partial charge in [0.25, 0.3) is 5.91 Å². The number of pyridine rings is 1. The second-order valence-corrected chi connectivity index (χ2v) is 8.88. The number of amides is 1. The molecule has 0 unspecified atom stereocenters. The lowest BCUT2D eigenvalue weighted by molar-refractivity contribution is 0.102. The van der Waals surface area contributed by atoms with Crippen molar-refractivity contribution in [1.82, 2.24) is 24.6 Å². The van der Waals surface area contributed by atoms with E-state index in [2.05, 4.69) is 20.7 Å². The van der Waals surface area contributed by atoms with Crippen LogP contribution in [0.1, 0.15) is 10.4 Å². The van der Waals surface area contributed by atoms with Gasteiger partial charge in [0.1, 0.15) is 5.82 Å². The molecule has 190 valence electrons. The molecule has 0 radical (unpaired) electrons. The molecular weight excluding hydrogens is 493 g/mol. The summed E-state index contributed by atoms with van der Waals surface area (Å²) in [7, 11) is 3.38. The van der Waals surface area contributed by atoms with Gasteiger partial charge in [-0.15, -0.1) is 0 Å². The van der Waals surface area contributed by atoms with E-state index in [1.165, 1.54) is 13.3 Å². The molecule has 10 nitrogen and oxygen atoms in total. The zero-order valence-electron chi connectivity index (χ0n) is 21.1. The number of phenolic OH excluding ortho intramolecular Hbond substituents is 1. The standard InChI is InChI=1S/C28H22BN7O3/c1-39-25-13-22-21(12-24(25)37)27(32-20-7-8-23-18(11-20)15-31-36(23)29)35-26(34-22)16-4-2-6-19(10-16)33-28(38)17-5-3-9-30-14-17/h2-15,37H,29H2,1H3,(H,33,38)(H,32,34,35). The lowest BCUT2D eigenvalue weighted by Crippen LogP contribution is -2.12. The van der Waals surface area contributed by atoms with Gasteiger partial charge < -0.3 is 25.1 Å². The Morgan fingerprint density at radius 3 is 2.72 bits per heavy atom. The van der Waals surface area contributed by atoms with E-state index in [0.29, 0.717) is 45.1 Å². The molecule has 3 aromatic heterocycles. The fourth-order valence-electron chi connectivity index (χ4n) is 4.35. The fraction of sp³-hybridized carbons (Fsp3) is 0.0357. The van der Waals surface area contributed by atoms with E-state index in [0.717, 1.165) is 16.6 Å². The number of ether oxygens (including phenoxy) is 1. The van der Waals surface area contributed by atoms with E-state index in [-0.39, 0.29) is 11.7 Å². The van der Waals surface area contributed by atoms with Gasteiger partial charge in [-0.2, -0.15) is 5.10 Å². The van der Waals surface area contributed by atoms with Crippen LogP contribution < -0.4 is 15.4 Å². The number of methoxy groups -OCH3 is 1. The van der Waals surface area contributed by atoms with Crippen molar-refractivity contribution < 1.29 is 14.6 Å². The number of aromatic nitrogens is 5. The Morgan fingerprint density at radius 2 is 1.90 bits per heavy atom. The highest BCUT2D eigenvalue weighted by atomic mass is 16.5. The molecule has 3 N–H and O–H groups in total. The normalized spacial score (nSPS) is 11.0. The van der Waals surface area contributed by atoms with Gasteiger partial charge in [-0.05, 0) is 48.5 Å². The van der Waals surface area contributed by atoms with Crippen molar-refractivity contribution in [2.75, 3.05) is 17.7 Å². The number of nitrogens with one attached hydrogen (secondary N) is 2. The zero-order chi connectivity index (χ0) is 26.9. The average molecular weight is 515 g/mol. The molecule has 3 aromatic carbocycles. The molecule has 39 heavy (non-hydrogen) atoms. The first-order valence-electron chi connectivity index (χ1n) is 12.1. The molecule has 0 bridgehead atoms. The molecule has 0 saturated carbocycles. The van der Waals surface area contributed by atoms with Crippen molar-refractivity contribution in [2.24, 2.45) is 0 Å². The molecule has 0 spiro atoms. The predicted octanol–water partition coefficient (Wildman–Crippen LogP) is 4.15. The number of phenols is 1. The van der Waals surface area contributed by atoms with E-state index in [1.54, 1.807) is 48.8 Å². The van der Waals surface area contributed by atoms with Gasteiger partial charge in [0.15, 0.2) is 17.3 Å². The van der Waals surface area contributed by atoms with Crippen molar-refractivity contribution >= 4 is 52.9 Å². The summed E-state index contributed by atoms with van der Waals surface area (Å²) in [5.41, 5.74) is 4.11. The van der Waals surface area contributed by atoms with E-state index < -0.39 is 0 Å². The van der Waals surface area contributed by atoms with Crippen LogP contribution in [0.15, 0.2) is 85.3 Å². The van der Waals surface area contributed by atoms with Gasteiger partial charge in [-0.1, -0.05) is 12.1 Å². The number of nitrogens with zero attached hydrogens (tertiary/aromatic N) is 5. The fourth-order valence-corrected chi connectivity index (χ4v) is 4.35. The summed E-state index contributed by atoms with van der Waals surface area (Å²) < 4.78 is 7.13. The second-order valence-electron chi connectivity index (χ2n) is 8.88. The molecule has 0 saturated heterocycles. The van der Waals surface area contributed by atoms with Gasteiger partial charge in [0, 0.05) is 46.2 Å². The van der Waals surface area contributed by atoms with Crippen molar-refractivity contribution in [1.29, 1.82) is 0 Å². The first-order valence-corrected chi connectivity index (χ1v) is 12.1. The third kappa shape index (κ3) is 4.68. The number of aromatic hydroxyl groups is 1. The number of rotatable bonds is 6. The lowest BCUT2D eigenvalue weighted by Gasteiger charge is -2.14. The Kier molecular flexibility index (Phi) is 6.00. The summed E-state index contributed by atoms with van der Waals surface area (Å²) in [5, 5.41) is 22.6. The monoisotopic (exact) mass is 515 g/mol. The molecule has 0 atom stereocenters. The lowest BCUT2D eigenvalue weighted by atomic mass is 10.1. The highest BCUT2D eigenvalue weighted by Gasteiger charge is 2.15. The maximum Gasteiger partial charge on any atom is 0.257 e. The van der Waals surface area contributed by atoms with E-state index in [1.807, 2.05) is 42.9 Å². The third-order valence-electron chi connectivity index (χ3n) is 6.31. The maximum atomic E-state index is 12.7. The van der Waals surface area contributed by atoms with Crippen LogP contribution in [0.2, 0.25) is 0 Å². The number of hydrogen-bond acceptors (Lipinski definition) is 8.